The van der Waals surface area contributed by atoms with Crippen molar-refractivity contribution < 1.29 is 19.1 Å². The van der Waals surface area contributed by atoms with Gasteiger partial charge >= 0.3 is 5.97 Å². The first-order valence-corrected chi connectivity index (χ1v) is 11.7. The minimum Gasteiger partial charge on any atom is -0.465 e. The number of ether oxygens (including phenoxy) is 1. The first-order chi connectivity index (χ1) is 16.1. The van der Waals surface area contributed by atoms with E-state index in [1.54, 1.807) is 6.92 Å². The molecule has 9 heteroatoms. The summed E-state index contributed by atoms with van der Waals surface area (Å²) in [7, 11) is 0. The van der Waals surface area contributed by atoms with Gasteiger partial charge in [-0.25, -0.2) is 9.89 Å². The molecule has 0 aliphatic carbocycles. The van der Waals surface area contributed by atoms with Crippen LogP contribution in [0.2, 0.25) is 0 Å². The van der Waals surface area contributed by atoms with Crippen LogP contribution in [0.25, 0.3) is 0 Å². The number of thioether (sulfide) groups is 1. The molecule has 0 unspecified atom stereocenters. The lowest BCUT2D eigenvalue weighted by molar-refractivity contribution is -0.139. The molecule has 0 saturated carbocycles. The van der Waals surface area contributed by atoms with Gasteiger partial charge in [0.2, 0.25) is 5.91 Å². The maximum Gasteiger partial charge on any atom is 0.316 e. The summed E-state index contributed by atoms with van der Waals surface area (Å²) in [4.78, 5) is 48.1. The van der Waals surface area contributed by atoms with E-state index < -0.39 is 6.04 Å². The molecule has 1 N–H and O–H groups in total. The third-order valence-corrected chi connectivity index (χ3v) is 6.04. The summed E-state index contributed by atoms with van der Waals surface area (Å²) in [5, 5.41) is 3.23. The van der Waals surface area contributed by atoms with Crippen molar-refractivity contribution in [3.05, 3.63) is 65.7 Å². The van der Waals surface area contributed by atoms with Gasteiger partial charge in [-0.3, -0.25) is 19.4 Å². The molecule has 2 amide bonds. The summed E-state index contributed by atoms with van der Waals surface area (Å²) in [5.41, 5.74) is 2.51. The van der Waals surface area contributed by atoms with Gasteiger partial charge in [0.1, 0.15) is 11.9 Å². The van der Waals surface area contributed by atoms with Crippen LogP contribution in [0.3, 0.4) is 0 Å². The molecule has 0 fully saturated rings. The van der Waals surface area contributed by atoms with Crippen LogP contribution in [0.5, 0.6) is 0 Å². The number of nitrogens with one attached hydrogen (secondary N) is 1. The summed E-state index contributed by atoms with van der Waals surface area (Å²) in [5.74, 6) is -0.467. The average Bonchev–Trinajstić information content (AvgIpc) is 3.14. The number of fused-ring (bicyclic) bond motifs is 3. The van der Waals surface area contributed by atoms with E-state index in [1.807, 2.05) is 54.6 Å². The van der Waals surface area contributed by atoms with Gasteiger partial charge < -0.3 is 10.1 Å². The van der Waals surface area contributed by atoms with E-state index in [9.17, 15) is 14.4 Å². The highest BCUT2D eigenvalue weighted by Gasteiger charge is 2.42. The van der Waals surface area contributed by atoms with Crippen molar-refractivity contribution in [2.75, 3.05) is 18.9 Å². The summed E-state index contributed by atoms with van der Waals surface area (Å²) < 4.78 is 4.98. The van der Waals surface area contributed by atoms with Crippen LogP contribution in [0.4, 0.5) is 5.69 Å². The number of nitrogens with zero attached hydrogens (tertiary/aromatic N) is 3. The zero-order chi connectivity index (χ0) is 23.2. The maximum absolute atomic E-state index is 13.2. The van der Waals surface area contributed by atoms with E-state index in [2.05, 4.69) is 15.3 Å². The highest BCUT2D eigenvalue weighted by Crippen LogP contribution is 2.34. The third kappa shape index (κ3) is 5.31. The Bertz CT molecular complexity index is 1120. The van der Waals surface area contributed by atoms with Crippen LogP contribution < -0.4 is 5.32 Å². The SMILES string of the molecule is CCOC(=O)CSC1=Nc2ccccc2C2=N[C@@H](CC(=O)NCCc3ccccc3)C(=O)N12. The molecule has 0 aromatic heterocycles. The smallest absolute Gasteiger partial charge is 0.316 e. The molecule has 0 bridgehead atoms. The first-order valence-electron chi connectivity index (χ1n) is 10.8. The van der Waals surface area contributed by atoms with Crippen molar-refractivity contribution in [1.29, 1.82) is 0 Å². The van der Waals surface area contributed by atoms with Crippen molar-refractivity contribution in [2.24, 2.45) is 9.98 Å². The van der Waals surface area contributed by atoms with E-state index >= 15 is 0 Å². The molecule has 2 heterocycles. The Morgan fingerprint density at radius 3 is 2.67 bits per heavy atom. The molecule has 2 aromatic carbocycles. The standard InChI is InChI=1S/C24H24N4O4S/c1-2-32-21(30)15-33-24-27-18-11-7-6-10-17(18)22-26-19(23(31)28(22)24)14-20(29)25-13-12-16-8-4-3-5-9-16/h3-11,19H,2,12-15H2,1H3,(H,25,29)/t19-/m0/s1. The summed E-state index contributed by atoms with van der Waals surface area (Å²) in [6.45, 7) is 2.50. The van der Waals surface area contributed by atoms with E-state index in [4.69, 9.17) is 4.74 Å². The van der Waals surface area contributed by atoms with Crippen LogP contribution in [0.1, 0.15) is 24.5 Å². The summed E-state index contributed by atoms with van der Waals surface area (Å²) in [6, 6.07) is 16.4. The minimum atomic E-state index is -0.837. The molecule has 0 spiro atoms. The van der Waals surface area contributed by atoms with Gasteiger partial charge in [-0.2, -0.15) is 0 Å². The fraction of sp³-hybridized carbons (Fsp3) is 0.292. The number of amides is 2. The molecular formula is C24H24N4O4S. The van der Waals surface area contributed by atoms with Gasteiger partial charge in [0, 0.05) is 12.1 Å². The predicted molar refractivity (Wildman–Crippen MR) is 128 cm³/mol. The molecule has 1 atom stereocenters. The number of carbonyl (C=O) groups excluding carboxylic acids is 3. The maximum atomic E-state index is 13.2. The zero-order valence-corrected chi connectivity index (χ0v) is 19.0. The number of carbonyl (C=O) groups is 3. The van der Waals surface area contributed by atoms with E-state index in [1.165, 1.54) is 4.90 Å². The Morgan fingerprint density at radius 1 is 1.12 bits per heavy atom. The highest BCUT2D eigenvalue weighted by molar-refractivity contribution is 8.14. The first kappa shape index (κ1) is 22.7. The number of hydrogen-bond acceptors (Lipinski definition) is 7. The number of benzene rings is 2. The molecule has 2 aliphatic rings. The van der Waals surface area contributed by atoms with Gasteiger partial charge in [-0.05, 0) is 31.0 Å². The molecule has 4 rings (SSSR count). The minimum absolute atomic E-state index is 0.0243. The van der Waals surface area contributed by atoms with Gasteiger partial charge in [-0.1, -0.05) is 54.2 Å². The summed E-state index contributed by atoms with van der Waals surface area (Å²) >= 11 is 1.12. The lowest BCUT2D eigenvalue weighted by Gasteiger charge is -2.25. The van der Waals surface area contributed by atoms with E-state index in [0.29, 0.717) is 29.7 Å². The zero-order valence-electron chi connectivity index (χ0n) is 18.2. The monoisotopic (exact) mass is 464 g/mol. The second-order valence-electron chi connectivity index (χ2n) is 7.44. The Hall–Kier alpha value is -3.46. The Morgan fingerprint density at radius 2 is 1.88 bits per heavy atom. The predicted octanol–water partition coefficient (Wildman–Crippen LogP) is 2.69. The third-order valence-electron chi connectivity index (χ3n) is 5.13. The van der Waals surface area contributed by atoms with Crippen LogP contribution >= 0.6 is 11.8 Å². The van der Waals surface area contributed by atoms with Crippen molar-refractivity contribution in [2.45, 2.75) is 25.8 Å². The molecule has 0 saturated heterocycles. The number of amidine groups is 2. The number of esters is 1. The van der Waals surface area contributed by atoms with Crippen LogP contribution in [0, 0.1) is 0 Å². The van der Waals surface area contributed by atoms with Crippen molar-refractivity contribution in [3.8, 4) is 0 Å². The summed E-state index contributed by atoms with van der Waals surface area (Å²) in [6.07, 6.45) is 0.659. The van der Waals surface area contributed by atoms with Gasteiger partial charge in [0.05, 0.1) is 24.5 Å². The molecule has 8 nitrogen and oxygen atoms in total. The Kier molecular flexibility index (Phi) is 7.19. The Labute approximate surface area is 196 Å². The number of aliphatic imine (C=N–C) groups is 2. The quantitative estimate of drug-likeness (QED) is 0.606. The number of para-hydroxylation sites is 1. The van der Waals surface area contributed by atoms with Gasteiger partial charge in [-0.15, -0.1) is 0 Å². The normalized spacial score (nSPS) is 16.5. The molecule has 2 aliphatic heterocycles. The van der Waals surface area contributed by atoms with Crippen molar-refractivity contribution in [1.82, 2.24) is 10.2 Å². The van der Waals surface area contributed by atoms with E-state index in [0.717, 1.165) is 22.9 Å². The lowest BCUT2D eigenvalue weighted by Crippen LogP contribution is -2.42. The van der Waals surface area contributed by atoms with Crippen LogP contribution in [-0.2, 0) is 25.5 Å². The van der Waals surface area contributed by atoms with Crippen molar-refractivity contribution in [3.63, 3.8) is 0 Å². The molecule has 170 valence electrons. The number of rotatable bonds is 8. The topological polar surface area (TPSA) is 100 Å². The second-order valence-corrected chi connectivity index (χ2v) is 8.38. The van der Waals surface area contributed by atoms with Crippen molar-refractivity contribution >= 4 is 46.2 Å². The highest BCUT2D eigenvalue weighted by atomic mass is 32.2. The average molecular weight is 465 g/mol. The molecule has 2 aromatic rings. The molecule has 33 heavy (non-hydrogen) atoms. The molecule has 0 radical (unpaired) electrons. The fourth-order valence-corrected chi connectivity index (χ4v) is 4.40. The lowest BCUT2D eigenvalue weighted by atomic mass is 10.1. The van der Waals surface area contributed by atoms with E-state index in [-0.39, 0.29) is 36.6 Å². The largest absolute Gasteiger partial charge is 0.465 e. The van der Waals surface area contributed by atoms with Crippen LogP contribution in [0.15, 0.2) is 64.6 Å². The van der Waals surface area contributed by atoms with Gasteiger partial charge in [0.25, 0.3) is 5.91 Å². The molecular weight excluding hydrogens is 440 g/mol. The van der Waals surface area contributed by atoms with Crippen LogP contribution in [-0.4, -0.2) is 58.6 Å². The van der Waals surface area contributed by atoms with Gasteiger partial charge in [0.15, 0.2) is 5.17 Å². The second kappa shape index (κ2) is 10.4. The number of hydrogen-bond donors (Lipinski definition) is 1. The Balaban J connectivity index is 1.44. The fourth-order valence-electron chi connectivity index (χ4n) is 3.60.